The normalized spacial score (nSPS) is 18.7. The van der Waals surface area contributed by atoms with Gasteiger partial charge in [-0.3, -0.25) is 0 Å². The highest BCUT2D eigenvalue weighted by atomic mass is 32.1. The Hall–Kier alpha value is -4.00. The first kappa shape index (κ1) is 40.2. The molecule has 0 saturated carbocycles. The van der Waals surface area contributed by atoms with Gasteiger partial charge in [0.15, 0.2) is 23.0 Å². The average molecular weight is 817 g/mol. The summed E-state index contributed by atoms with van der Waals surface area (Å²) in [5.74, 6) is 5.58. The van der Waals surface area contributed by atoms with E-state index in [0.29, 0.717) is 167 Å². The maximum Gasteiger partial charge on any atom is 0.180 e. The summed E-state index contributed by atoms with van der Waals surface area (Å²) in [5.41, 5.74) is 1.63. The lowest BCUT2D eigenvalue weighted by Crippen LogP contribution is -2.15. The summed E-state index contributed by atoms with van der Waals surface area (Å²) in [5, 5.41) is 3.91. The lowest BCUT2D eigenvalue weighted by molar-refractivity contribution is 0.00472. The van der Waals surface area contributed by atoms with Crippen LogP contribution in [0.5, 0.6) is 46.0 Å². The average Bonchev–Trinajstić information content (AvgIpc) is 3.86. The Balaban J connectivity index is 1.01. The number of hydrogen-bond donors (Lipinski definition) is 0. The van der Waals surface area contributed by atoms with Crippen LogP contribution in [0, 0.1) is 0 Å². The summed E-state index contributed by atoms with van der Waals surface area (Å²) >= 11 is 3.06. The van der Waals surface area contributed by atoms with Gasteiger partial charge in [0.1, 0.15) is 75.9 Å². The Morgan fingerprint density at radius 2 is 0.589 bits per heavy atom. The number of ether oxygens (including phenoxy) is 14. The van der Waals surface area contributed by atoms with Gasteiger partial charge in [0.05, 0.1) is 89.0 Å². The molecule has 0 spiro atoms. The summed E-state index contributed by atoms with van der Waals surface area (Å²) < 4.78 is 82.8. The highest BCUT2D eigenvalue weighted by Crippen LogP contribution is 2.54. The van der Waals surface area contributed by atoms with E-state index in [1.54, 1.807) is 0 Å². The van der Waals surface area contributed by atoms with Crippen LogP contribution in [0.4, 0.5) is 0 Å². The van der Waals surface area contributed by atoms with Crippen LogP contribution in [0.1, 0.15) is 0 Å². The molecule has 56 heavy (non-hydrogen) atoms. The summed E-state index contributed by atoms with van der Waals surface area (Å²) in [6.45, 7) is 8.52. The van der Waals surface area contributed by atoms with Crippen molar-refractivity contribution in [2.75, 3.05) is 132 Å². The van der Waals surface area contributed by atoms with Crippen LogP contribution >= 0.6 is 22.7 Å². The number of fused-ring (bicyclic) bond motifs is 2. The third-order valence-corrected chi connectivity index (χ3v) is 10.4. The van der Waals surface area contributed by atoms with Crippen LogP contribution in [0.25, 0.3) is 20.9 Å². The zero-order valence-corrected chi connectivity index (χ0v) is 32.9. The van der Waals surface area contributed by atoms with Gasteiger partial charge in [0.25, 0.3) is 0 Å². The van der Waals surface area contributed by atoms with E-state index in [4.69, 9.17) is 66.3 Å². The predicted molar refractivity (Wildman–Crippen MR) is 208 cm³/mol. The van der Waals surface area contributed by atoms with Gasteiger partial charge in [-0.1, -0.05) is 0 Å². The second-order valence-corrected chi connectivity index (χ2v) is 14.1. The van der Waals surface area contributed by atoms with Crippen molar-refractivity contribution in [2.45, 2.75) is 0 Å². The Bertz CT molecular complexity index is 1630. The van der Waals surface area contributed by atoms with Gasteiger partial charge in [0.2, 0.25) is 0 Å². The number of benzene rings is 2. The molecule has 0 N–H and O–H groups in total. The fourth-order valence-corrected chi connectivity index (χ4v) is 7.73. The molecule has 10 rings (SSSR count). The van der Waals surface area contributed by atoms with Crippen LogP contribution in [0.15, 0.2) is 47.2 Å². The van der Waals surface area contributed by atoms with Gasteiger partial charge in [-0.15, -0.1) is 22.7 Å². The van der Waals surface area contributed by atoms with E-state index in [0.717, 1.165) is 32.4 Å². The first-order chi connectivity index (χ1) is 27.8. The topological polar surface area (TPSA) is 129 Å². The number of thiophene rings is 2. The van der Waals surface area contributed by atoms with E-state index in [-0.39, 0.29) is 0 Å². The van der Waals surface area contributed by atoms with Crippen LogP contribution in [0.2, 0.25) is 0 Å². The van der Waals surface area contributed by atoms with E-state index in [1.165, 1.54) is 22.7 Å². The first-order valence-corrected chi connectivity index (χ1v) is 20.6. The van der Waals surface area contributed by atoms with E-state index < -0.39 is 0 Å². The maximum atomic E-state index is 6.45. The van der Waals surface area contributed by atoms with Crippen molar-refractivity contribution in [3.8, 4) is 66.9 Å². The fraction of sp³-hybridized carbons (Fsp3) is 0.500. The van der Waals surface area contributed by atoms with Gasteiger partial charge in [-0.2, -0.15) is 0 Å². The van der Waals surface area contributed by atoms with E-state index in [2.05, 4.69) is 0 Å². The Labute approximate surface area is 334 Å². The van der Waals surface area contributed by atoms with Crippen LogP contribution in [-0.4, -0.2) is 132 Å². The molecule has 16 heteroatoms. The molecule has 14 nitrogen and oxygen atoms in total. The van der Waals surface area contributed by atoms with Gasteiger partial charge in [-0.05, 0) is 36.4 Å². The highest BCUT2D eigenvalue weighted by molar-refractivity contribution is 7.14. The van der Waals surface area contributed by atoms with Crippen molar-refractivity contribution in [2.24, 2.45) is 0 Å². The number of rotatable bonds is 2. The van der Waals surface area contributed by atoms with E-state index >= 15 is 0 Å². The monoisotopic (exact) mass is 816 g/mol. The van der Waals surface area contributed by atoms with Crippen molar-refractivity contribution >= 4 is 22.7 Å². The van der Waals surface area contributed by atoms with Crippen molar-refractivity contribution < 1.29 is 66.3 Å². The summed E-state index contributed by atoms with van der Waals surface area (Å²) in [6, 6.07) is 11.4. The van der Waals surface area contributed by atoms with Crippen molar-refractivity contribution in [1.29, 1.82) is 0 Å². The van der Waals surface area contributed by atoms with Crippen molar-refractivity contribution in [1.82, 2.24) is 0 Å². The molecule has 8 heterocycles. The second kappa shape index (κ2) is 22.1. The molecular formula is C40H48O14S2. The minimum absolute atomic E-state index is 0.306. The molecule has 4 bridgehead atoms. The van der Waals surface area contributed by atoms with Gasteiger partial charge < -0.3 is 66.3 Å². The quantitative estimate of drug-likeness (QED) is 0.234. The minimum atomic E-state index is 0.306. The third kappa shape index (κ3) is 11.5. The van der Waals surface area contributed by atoms with E-state index in [9.17, 15) is 0 Å². The minimum Gasteiger partial charge on any atom is -0.491 e. The van der Waals surface area contributed by atoms with Crippen LogP contribution in [0.3, 0.4) is 0 Å². The molecule has 0 fully saturated rings. The third-order valence-electron chi connectivity index (χ3n) is 8.45. The molecule has 0 radical (unpaired) electrons. The molecular weight excluding hydrogens is 769 g/mol. The Morgan fingerprint density at radius 1 is 0.304 bits per heavy atom. The summed E-state index contributed by atoms with van der Waals surface area (Å²) in [4.78, 5) is 1.77. The molecule has 0 aliphatic carbocycles. The van der Waals surface area contributed by atoms with Crippen LogP contribution < -0.4 is 37.9 Å². The molecule has 2 aromatic heterocycles. The predicted octanol–water partition coefficient (Wildman–Crippen LogP) is 6.01. The summed E-state index contributed by atoms with van der Waals surface area (Å²) in [7, 11) is 0. The van der Waals surface area contributed by atoms with Gasteiger partial charge >= 0.3 is 0 Å². The fourth-order valence-electron chi connectivity index (χ4n) is 5.83. The smallest absolute Gasteiger partial charge is 0.180 e. The molecule has 0 unspecified atom stereocenters. The number of hydrogen-bond acceptors (Lipinski definition) is 16. The van der Waals surface area contributed by atoms with Gasteiger partial charge in [-0.25, -0.2) is 0 Å². The van der Waals surface area contributed by atoms with Crippen LogP contribution in [-0.2, 0) is 28.4 Å². The second-order valence-electron chi connectivity index (χ2n) is 12.3. The molecule has 0 atom stereocenters. The zero-order chi connectivity index (χ0) is 38.0. The largest absolute Gasteiger partial charge is 0.491 e. The standard InChI is InChI=1S/C40H48O14S2/c1-2-30-4-3-29(1)47-17-13-43-9-5-41-7-11-45-15-19-49-33-25-32(40-38-36(28-56-40)52-22-24-54-38)34(26-31(33)39-37-35(27-55-39)51-21-23-53-37)50-20-16-46-12-8-42-6-10-44-14-18-48-30/h1-4,25-28H,5-24H2. The summed E-state index contributed by atoms with van der Waals surface area (Å²) in [6.07, 6.45) is 0. The van der Waals surface area contributed by atoms with Gasteiger partial charge in [0, 0.05) is 21.9 Å². The van der Waals surface area contributed by atoms with Crippen molar-refractivity contribution in [3.63, 3.8) is 0 Å². The highest BCUT2D eigenvalue weighted by Gasteiger charge is 2.27. The van der Waals surface area contributed by atoms with E-state index in [1.807, 2.05) is 47.2 Å². The molecule has 6 aliphatic heterocycles. The molecule has 4 aromatic rings. The molecule has 304 valence electrons. The molecule has 0 amide bonds. The SMILES string of the molecule is c1cc2ccc1OCCOCCOCCOCCOc1cc(-c3scc4c3OCCO4)c(cc1-c1scc3c1OCCO3)OCCOCCOCCOCCO2. The first-order valence-electron chi connectivity index (χ1n) is 18.8. The molecule has 6 aliphatic rings. The Morgan fingerprint density at radius 3 is 0.964 bits per heavy atom. The Kier molecular flexibility index (Phi) is 15.8. The molecule has 0 saturated heterocycles. The zero-order valence-electron chi connectivity index (χ0n) is 31.3. The molecule has 2 aromatic carbocycles. The van der Waals surface area contributed by atoms with Crippen molar-refractivity contribution in [3.05, 3.63) is 47.2 Å². The lowest BCUT2D eigenvalue weighted by Gasteiger charge is -2.21. The maximum absolute atomic E-state index is 6.45. The lowest BCUT2D eigenvalue weighted by atomic mass is 10.0.